The average Bonchev–Trinajstić information content (AvgIpc) is 3.17. The molecule has 1 aliphatic heterocycles. The van der Waals surface area contributed by atoms with E-state index >= 15 is 0 Å². The second kappa shape index (κ2) is 7.64. The highest BCUT2D eigenvalue weighted by molar-refractivity contribution is 6.07. The topological polar surface area (TPSA) is 53.5 Å². The second-order valence-corrected chi connectivity index (χ2v) is 6.91. The van der Waals surface area contributed by atoms with Gasteiger partial charge in [0.05, 0.1) is 0 Å². The van der Waals surface area contributed by atoms with Crippen LogP contribution in [0.3, 0.4) is 0 Å². The monoisotopic (exact) mass is 371 g/mol. The van der Waals surface area contributed by atoms with Crippen LogP contribution in [-0.4, -0.2) is 35.3 Å². The lowest BCUT2D eigenvalue weighted by Gasteiger charge is -2.19. The molecule has 2 amide bonds. The molecule has 0 N–H and O–H groups in total. The third-order valence-corrected chi connectivity index (χ3v) is 4.97. The molecule has 0 unspecified atom stereocenters. The maximum absolute atomic E-state index is 13.0. The molecular formula is C23H21N3O2. The van der Waals surface area contributed by atoms with Gasteiger partial charge in [0.25, 0.3) is 11.8 Å². The first-order valence-electron chi connectivity index (χ1n) is 9.29. The maximum atomic E-state index is 13.0. The van der Waals surface area contributed by atoms with E-state index in [4.69, 9.17) is 0 Å². The van der Waals surface area contributed by atoms with Crippen molar-refractivity contribution >= 4 is 17.5 Å². The highest BCUT2D eigenvalue weighted by Gasteiger charge is 2.26. The molecule has 0 fully saturated rings. The Bertz CT molecular complexity index is 1020. The fraction of sp³-hybridized carbons (Fsp3) is 0.174. The van der Waals surface area contributed by atoms with Crippen LogP contribution in [0.25, 0.3) is 0 Å². The van der Waals surface area contributed by atoms with Crippen LogP contribution in [-0.2, 0) is 13.0 Å². The summed E-state index contributed by atoms with van der Waals surface area (Å²) in [7, 11) is 1.76. The molecule has 4 rings (SSSR count). The van der Waals surface area contributed by atoms with Crippen molar-refractivity contribution in [2.45, 2.75) is 13.0 Å². The highest BCUT2D eigenvalue weighted by atomic mass is 16.2. The summed E-state index contributed by atoms with van der Waals surface area (Å²) in [6, 6.07) is 20.9. The molecule has 1 aromatic heterocycles. The van der Waals surface area contributed by atoms with Gasteiger partial charge in [-0.15, -0.1) is 0 Å². The number of hydrogen-bond acceptors (Lipinski definition) is 3. The quantitative estimate of drug-likeness (QED) is 0.705. The van der Waals surface area contributed by atoms with Gasteiger partial charge in [0.15, 0.2) is 0 Å². The first kappa shape index (κ1) is 17.9. The zero-order valence-electron chi connectivity index (χ0n) is 15.7. The number of rotatable bonds is 4. The molecule has 140 valence electrons. The van der Waals surface area contributed by atoms with Crippen molar-refractivity contribution in [3.63, 3.8) is 0 Å². The van der Waals surface area contributed by atoms with Crippen LogP contribution < -0.4 is 4.90 Å². The van der Waals surface area contributed by atoms with Crippen LogP contribution in [0.2, 0.25) is 0 Å². The van der Waals surface area contributed by atoms with Crippen LogP contribution in [0.4, 0.5) is 5.69 Å². The third kappa shape index (κ3) is 3.51. The molecule has 0 spiro atoms. The Balaban J connectivity index is 1.53. The van der Waals surface area contributed by atoms with E-state index in [1.807, 2.05) is 54.6 Å². The molecular weight excluding hydrogens is 350 g/mol. The summed E-state index contributed by atoms with van der Waals surface area (Å²) in [5.41, 5.74) is 3.88. The number of carbonyl (C=O) groups is 2. The first-order valence-corrected chi connectivity index (χ1v) is 9.29. The number of nitrogens with zero attached hydrogens (tertiary/aromatic N) is 3. The number of benzene rings is 2. The van der Waals surface area contributed by atoms with E-state index in [9.17, 15) is 9.59 Å². The lowest BCUT2D eigenvalue weighted by molar-refractivity contribution is 0.0785. The molecule has 0 saturated heterocycles. The molecule has 2 heterocycles. The van der Waals surface area contributed by atoms with Gasteiger partial charge in [-0.2, -0.15) is 0 Å². The molecule has 1 aliphatic rings. The summed E-state index contributed by atoms with van der Waals surface area (Å²) in [6.07, 6.45) is 2.36. The Kier molecular flexibility index (Phi) is 4.89. The summed E-state index contributed by atoms with van der Waals surface area (Å²) < 4.78 is 0. The van der Waals surface area contributed by atoms with E-state index in [2.05, 4.69) is 4.98 Å². The summed E-state index contributed by atoms with van der Waals surface area (Å²) in [5, 5.41) is 0. The number of carbonyl (C=O) groups excluding carboxylic acids is 2. The van der Waals surface area contributed by atoms with Gasteiger partial charge in [-0.1, -0.05) is 48.5 Å². The van der Waals surface area contributed by atoms with Gasteiger partial charge < -0.3 is 9.80 Å². The standard InChI is InChI=1S/C23H21N3O2/c1-25(16-17-7-3-2-4-8-17)22(27)19-11-13-24-20(15-19)23(28)26-14-12-18-9-5-6-10-21(18)26/h2-11,13,15H,12,14,16H2,1H3. The van der Waals surface area contributed by atoms with E-state index < -0.39 is 0 Å². The van der Waals surface area contributed by atoms with Gasteiger partial charge >= 0.3 is 0 Å². The largest absolute Gasteiger partial charge is 0.337 e. The van der Waals surface area contributed by atoms with Crippen LogP contribution in [0, 0.1) is 0 Å². The fourth-order valence-electron chi connectivity index (χ4n) is 3.52. The Morgan fingerprint density at radius 1 is 1.04 bits per heavy atom. The van der Waals surface area contributed by atoms with Crippen LogP contribution in [0.5, 0.6) is 0 Å². The Morgan fingerprint density at radius 2 is 1.79 bits per heavy atom. The Morgan fingerprint density at radius 3 is 2.61 bits per heavy atom. The summed E-state index contributed by atoms with van der Waals surface area (Å²) in [5.74, 6) is -0.313. The van der Waals surface area contributed by atoms with Crippen molar-refractivity contribution in [2.24, 2.45) is 0 Å². The van der Waals surface area contributed by atoms with Crippen LogP contribution >= 0.6 is 0 Å². The van der Waals surface area contributed by atoms with E-state index in [-0.39, 0.29) is 17.5 Å². The van der Waals surface area contributed by atoms with Crippen LogP contribution in [0.1, 0.15) is 32.0 Å². The number of anilines is 1. The van der Waals surface area contributed by atoms with Crippen molar-refractivity contribution in [1.82, 2.24) is 9.88 Å². The van der Waals surface area contributed by atoms with Crippen molar-refractivity contribution in [1.29, 1.82) is 0 Å². The van der Waals surface area contributed by atoms with E-state index in [0.29, 0.717) is 18.7 Å². The lowest BCUT2D eigenvalue weighted by atomic mass is 10.1. The zero-order chi connectivity index (χ0) is 19.5. The number of amides is 2. The minimum Gasteiger partial charge on any atom is -0.337 e. The molecule has 5 heteroatoms. The Labute approximate surface area is 164 Å². The minimum absolute atomic E-state index is 0.137. The molecule has 0 saturated carbocycles. The van der Waals surface area contributed by atoms with Gasteiger partial charge in [0, 0.05) is 37.6 Å². The number of para-hydroxylation sites is 1. The van der Waals surface area contributed by atoms with Gasteiger partial charge in [0.1, 0.15) is 5.69 Å². The van der Waals surface area contributed by atoms with Gasteiger partial charge in [-0.3, -0.25) is 14.6 Å². The van der Waals surface area contributed by atoms with E-state index in [1.165, 1.54) is 6.20 Å². The molecule has 5 nitrogen and oxygen atoms in total. The number of pyridine rings is 1. The molecule has 0 radical (unpaired) electrons. The Hall–Kier alpha value is -3.47. The van der Waals surface area contributed by atoms with Gasteiger partial charge in [0.2, 0.25) is 0 Å². The SMILES string of the molecule is CN(Cc1ccccc1)C(=O)c1ccnc(C(=O)N2CCc3ccccc32)c1. The number of hydrogen-bond donors (Lipinski definition) is 0. The number of aromatic nitrogens is 1. The highest BCUT2D eigenvalue weighted by Crippen LogP contribution is 2.28. The van der Waals surface area contributed by atoms with Crippen molar-refractivity contribution < 1.29 is 9.59 Å². The van der Waals surface area contributed by atoms with Crippen molar-refractivity contribution in [2.75, 3.05) is 18.5 Å². The molecule has 2 aromatic carbocycles. The van der Waals surface area contributed by atoms with E-state index in [0.717, 1.165) is 23.2 Å². The van der Waals surface area contributed by atoms with Gasteiger partial charge in [-0.25, -0.2) is 0 Å². The van der Waals surface area contributed by atoms with Crippen molar-refractivity contribution in [3.8, 4) is 0 Å². The smallest absolute Gasteiger partial charge is 0.276 e. The molecule has 0 bridgehead atoms. The fourth-order valence-corrected chi connectivity index (χ4v) is 3.52. The average molecular weight is 371 g/mol. The summed E-state index contributed by atoms with van der Waals surface area (Å²) in [6.45, 7) is 1.14. The molecule has 28 heavy (non-hydrogen) atoms. The van der Waals surface area contributed by atoms with Gasteiger partial charge in [-0.05, 0) is 35.7 Å². The molecule has 0 aliphatic carbocycles. The predicted molar refractivity (Wildman–Crippen MR) is 108 cm³/mol. The normalized spacial score (nSPS) is 12.5. The minimum atomic E-state index is -0.176. The van der Waals surface area contributed by atoms with Crippen molar-refractivity contribution in [3.05, 3.63) is 95.3 Å². The lowest BCUT2D eigenvalue weighted by Crippen LogP contribution is -2.30. The molecule has 0 atom stereocenters. The van der Waals surface area contributed by atoms with E-state index in [1.54, 1.807) is 29.0 Å². The maximum Gasteiger partial charge on any atom is 0.276 e. The van der Waals surface area contributed by atoms with Crippen LogP contribution in [0.15, 0.2) is 72.9 Å². The first-order chi connectivity index (χ1) is 13.6. The zero-order valence-corrected chi connectivity index (χ0v) is 15.7. The summed E-state index contributed by atoms with van der Waals surface area (Å²) >= 11 is 0. The predicted octanol–water partition coefficient (Wildman–Crippen LogP) is 3.56. The summed E-state index contributed by atoms with van der Waals surface area (Å²) in [4.78, 5) is 33.4. The second-order valence-electron chi connectivity index (χ2n) is 6.91. The third-order valence-electron chi connectivity index (χ3n) is 4.97. The molecule has 3 aromatic rings. The number of fused-ring (bicyclic) bond motifs is 1.